The number of pyridine rings is 1. The molecule has 9 nitrogen and oxygen atoms in total. The molecule has 2 amide bonds. The van der Waals surface area contributed by atoms with E-state index in [0.29, 0.717) is 35.9 Å². The molecule has 1 heterocycles. The van der Waals surface area contributed by atoms with E-state index in [-0.39, 0.29) is 23.0 Å². The Kier molecular flexibility index (Phi) is 9.47. The standard InChI is InChI=1S/C24H34N4O5/c1-15(2)28(16(3)4)12-11-25-24(30)18-9-8-10-22(26-18)27-23(29)17-13-20(32-6)21(33-7)14-19(17)31-5/h8-10,13-16H,11-12H2,1-7H3,(H,25,30)(H,26,27,29). The van der Waals surface area contributed by atoms with Gasteiger partial charge in [0.25, 0.3) is 11.8 Å². The van der Waals surface area contributed by atoms with Crippen LogP contribution in [-0.4, -0.2) is 68.2 Å². The lowest BCUT2D eigenvalue weighted by molar-refractivity contribution is 0.0933. The summed E-state index contributed by atoms with van der Waals surface area (Å²) in [5, 5.41) is 5.60. The SMILES string of the molecule is COc1cc(OC)c(C(=O)Nc2cccc(C(=O)NCCN(C(C)C)C(C)C)n2)cc1OC. The Morgan fingerprint density at radius 2 is 1.52 bits per heavy atom. The molecular weight excluding hydrogens is 424 g/mol. The van der Waals surface area contributed by atoms with E-state index in [2.05, 4.69) is 48.2 Å². The van der Waals surface area contributed by atoms with E-state index in [9.17, 15) is 9.59 Å². The molecule has 0 saturated heterocycles. The fourth-order valence-corrected chi connectivity index (χ4v) is 3.52. The summed E-state index contributed by atoms with van der Waals surface area (Å²) in [4.78, 5) is 32.0. The van der Waals surface area contributed by atoms with Crippen molar-refractivity contribution < 1.29 is 23.8 Å². The van der Waals surface area contributed by atoms with E-state index in [1.54, 1.807) is 24.3 Å². The predicted octanol–water partition coefficient (Wildman–Crippen LogP) is 3.21. The topological polar surface area (TPSA) is 102 Å². The highest BCUT2D eigenvalue weighted by atomic mass is 16.5. The van der Waals surface area contributed by atoms with Gasteiger partial charge in [0.05, 0.1) is 26.9 Å². The van der Waals surface area contributed by atoms with Crippen molar-refractivity contribution in [3.63, 3.8) is 0 Å². The van der Waals surface area contributed by atoms with Crippen LogP contribution in [0, 0.1) is 0 Å². The van der Waals surface area contributed by atoms with Crippen LogP contribution < -0.4 is 24.8 Å². The van der Waals surface area contributed by atoms with Crippen molar-refractivity contribution >= 4 is 17.6 Å². The van der Waals surface area contributed by atoms with E-state index < -0.39 is 5.91 Å². The zero-order valence-corrected chi connectivity index (χ0v) is 20.4. The molecule has 0 atom stereocenters. The monoisotopic (exact) mass is 458 g/mol. The molecule has 1 aromatic carbocycles. The number of anilines is 1. The fourth-order valence-electron chi connectivity index (χ4n) is 3.52. The third kappa shape index (κ3) is 6.82. The van der Waals surface area contributed by atoms with Crippen LogP contribution in [0.1, 0.15) is 48.5 Å². The van der Waals surface area contributed by atoms with Gasteiger partial charge in [0.1, 0.15) is 17.3 Å². The van der Waals surface area contributed by atoms with Crippen LogP contribution in [0.2, 0.25) is 0 Å². The van der Waals surface area contributed by atoms with Gasteiger partial charge in [-0.1, -0.05) is 6.07 Å². The molecule has 2 N–H and O–H groups in total. The third-order valence-corrected chi connectivity index (χ3v) is 5.16. The summed E-state index contributed by atoms with van der Waals surface area (Å²) in [6.07, 6.45) is 0. The van der Waals surface area contributed by atoms with Gasteiger partial charge in [0.15, 0.2) is 11.5 Å². The lowest BCUT2D eigenvalue weighted by atomic mass is 10.1. The highest BCUT2D eigenvalue weighted by Gasteiger charge is 2.19. The van der Waals surface area contributed by atoms with Crippen molar-refractivity contribution in [2.75, 3.05) is 39.7 Å². The van der Waals surface area contributed by atoms with Gasteiger partial charge in [-0.15, -0.1) is 0 Å². The second-order valence-electron chi connectivity index (χ2n) is 7.95. The van der Waals surface area contributed by atoms with Gasteiger partial charge in [0.2, 0.25) is 0 Å². The van der Waals surface area contributed by atoms with Crippen molar-refractivity contribution in [3.8, 4) is 17.2 Å². The smallest absolute Gasteiger partial charge is 0.270 e. The summed E-state index contributed by atoms with van der Waals surface area (Å²) < 4.78 is 15.8. The average Bonchev–Trinajstić information content (AvgIpc) is 2.80. The van der Waals surface area contributed by atoms with Gasteiger partial charge in [0, 0.05) is 37.3 Å². The number of hydrogen-bond acceptors (Lipinski definition) is 7. The van der Waals surface area contributed by atoms with Crippen LogP contribution in [-0.2, 0) is 0 Å². The number of nitrogens with one attached hydrogen (secondary N) is 2. The molecular formula is C24H34N4O5. The summed E-state index contributed by atoms with van der Waals surface area (Å²) in [6.45, 7) is 9.74. The minimum Gasteiger partial charge on any atom is -0.496 e. The zero-order valence-electron chi connectivity index (χ0n) is 20.4. The molecule has 33 heavy (non-hydrogen) atoms. The summed E-state index contributed by atoms with van der Waals surface area (Å²) in [5.41, 5.74) is 0.460. The van der Waals surface area contributed by atoms with Crippen LogP contribution in [0.4, 0.5) is 5.82 Å². The summed E-state index contributed by atoms with van der Waals surface area (Å²) in [7, 11) is 4.44. The molecule has 0 fully saturated rings. The Labute approximate surface area is 195 Å². The number of ether oxygens (including phenoxy) is 3. The molecule has 0 bridgehead atoms. The van der Waals surface area contributed by atoms with E-state index in [0.717, 1.165) is 6.54 Å². The Morgan fingerprint density at radius 1 is 0.909 bits per heavy atom. The number of carbonyl (C=O) groups excluding carboxylic acids is 2. The number of aromatic nitrogens is 1. The van der Waals surface area contributed by atoms with Gasteiger partial charge < -0.3 is 24.8 Å². The molecule has 0 spiro atoms. The highest BCUT2D eigenvalue weighted by Crippen LogP contribution is 2.34. The van der Waals surface area contributed by atoms with Gasteiger partial charge in [-0.05, 0) is 39.8 Å². The van der Waals surface area contributed by atoms with Crippen molar-refractivity contribution in [1.82, 2.24) is 15.2 Å². The van der Waals surface area contributed by atoms with Crippen LogP contribution in [0.3, 0.4) is 0 Å². The van der Waals surface area contributed by atoms with E-state index in [4.69, 9.17) is 14.2 Å². The number of amides is 2. The Morgan fingerprint density at radius 3 is 2.09 bits per heavy atom. The van der Waals surface area contributed by atoms with Crippen LogP contribution in [0.15, 0.2) is 30.3 Å². The lowest BCUT2D eigenvalue weighted by Crippen LogP contribution is -2.42. The van der Waals surface area contributed by atoms with Crippen molar-refractivity contribution in [2.24, 2.45) is 0 Å². The van der Waals surface area contributed by atoms with Crippen molar-refractivity contribution in [3.05, 3.63) is 41.6 Å². The van der Waals surface area contributed by atoms with E-state index in [1.165, 1.54) is 27.4 Å². The molecule has 1 aromatic heterocycles. The van der Waals surface area contributed by atoms with Crippen molar-refractivity contribution in [1.29, 1.82) is 0 Å². The second kappa shape index (κ2) is 12.1. The summed E-state index contributed by atoms with van der Waals surface area (Å²) in [6, 6.07) is 8.74. The summed E-state index contributed by atoms with van der Waals surface area (Å²) >= 11 is 0. The molecule has 2 rings (SSSR count). The Balaban J connectivity index is 2.10. The molecule has 0 saturated carbocycles. The first-order chi connectivity index (χ1) is 15.7. The van der Waals surface area contributed by atoms with Gasteiger partial charge in [-0.2, -0.15) is 0 Å². The molecule has 0 aliphatic carbocycles. The van der Waals surface area contributed by atoms with Gasteiger partial charge >= 0.3 is 0 Å². The Hall–Kier alpha value is -3.33. The quantitative estimate of drug-likeness (QED) is 0.533. The minimum absolute atomic E-state index is 0.215. The molecule has 180 valence electrons. The zero-order chi connectivity index (χ0) is 24.5. The fraction of sp³-hybridized carbons (Fsp3) is 0.458. The third-order valence-electron chi connectivity index (χ3n) is 5.16. The molecule has 0 radical (unpaired) electrons. The number of methoxy groups -OCH3 is 3. The Bertz CT molecular complexity index is 954. The number of rotatable bonds is 11. The highest BCUT2D eigenvalue weighted by molar-refractivity contribution is 6.06. The maximum Gasteiger partial charge on any atom is 0.270 e. The predicted molar refractivity (Wildman–Crippen MR) is 128 cm³/mol. The maximum atomic E-state index is 12.9. The van der Waals surface area contributed by atoms with E-state index >= 15 is 0 Å². The lowest BCUT2D eigenvalue weighted by Gasteiger charge is -2.30. The first-order valence-electron chi connectivity index (χ1n) is 10.8. The first-order valence-corrected chi connectivity index (χ1v) is 10.8. The largest absolute Gasteiger partial charge is 0.496 e. The normalized spacial score (nSPS) is 11.0. The van der Waals surface area contributed by atoms with Crippen LogP contribution >= 0.6 is 0 Å². The molecule has 0 aliphatic rings. The first kappa shape index (κ1) is 25.9. The average molecular weight is 459 g/mol. The number of nitrogens with zero attached hydrogens (tertiary/aromatic N) is 2. The van der Waals surface area contributed by atoms with Crippen LogP contribution in [0.5, 0.6) is 17.2 Å². The second-order valence-corrected chi connectivity index (χ2v) is 7.95. The van der Waals surface area contributed by atoms with E-state index in [1.807, 2.05) is 0 Å². The van der Waals surface area contributed by atoms with Gasteiger partial charge in [-0.25, -0.2) is 4.98 Å². The molecule has 9 heteroatoms. The van der Waals surface area contributed by atoms with Crippen LogP contribution in [0.25, 0.3) is 0 Å². The number of hydrogen-bond donors (Lipinski definition) is 2. The summed E-state index contributed by atoms with van der Waals surface area (Å²) in [5.74, 6) is 0.636. The number of benzene rings is 1. The molecule has 2 aromatic rings. The molecule has 0 unspecified atom stereocenters. The molecule has 0 aliphatic heterocycles. The maximum absolute atomic E-state index is 12.9. The minimum atomic E-state index is -0.456. The van der Waals surface area contributed by atoms with Gasteiger partial charge in [-0.3, -0.25) is 14.5 Å². The number of carbonyl (C=O) groups is 2. The van der Waals surface area contributed by atoms with Crippen molar-refractivity contribution in [2.45, 2.75) is 39.8 Å².